The average Bonchev–Trinajstić information content (AvgIpc) is 2.71. The molecule has 23 heavy (non-hydrogen) atoms. The number of anilines is 2. The Hall–Kier alpha value is -0.680. The van der Waals surface area contributed by atoms with E-state index < -0.39 is 0 Å². The highest BCUT2D eigenvalue weighted by atomic mass is 35.5. The fraction of sp³-hybridized carbons (Fsp3) is 0.647. The van der Waals surface area contributed by atoms with E-state index in [2.05, 4.69) is 59.3 Å². The van der Waals surface area contributed by atoms with Gasteiger partial charge in [0.1, 0.15) is 6.04 Å². The zero-order valence-corrected chi connectivity index (χ0v) is 16.9. The number of quaternary nitrogens is 2. The largest absolute Gasteiger partial charge is 1.00 e. The molecule has 0 aliphatic carbocycles. The van der Waals surface area contributed by atoms with Crippen molar-refractivity contribution >= 4 is 23.8 Å². The van der Waals surface area contributed by atoms with Gasteiger partial charge in [-0.2, -0.15) is 0 Å². The molecule has 0 spiro atoms. The quantitative estimate of drug-likeness (QED) is 0.552. The molecule has 0 radical (unpaired) electrons. The first-order chi connectivity index (χ1) is 9.56. The molecule has 1 heterocycles. The standard InChI is InChI=1S/C17H32N4.2ClH/c1-20(2,3)13-16-11-17(21(4,5)6)12-19(16)15-9-7-14(18)8-10-15;;/h7-10,16-17H,11-13,18H2,1-6H3;2*1H/q+2;;/p-1. The molecule has 1 fully saturated rings. The second-order valence-electron chi connectivity index (χ2n) is 8.38. The van der Waals surface area contributed by atoms with Crippen molar-refractivity contribution in [2.24, 2.45) is 0 Å². The van der Waals surface area contributed by atoms with Crippen LogP contribution in [0.25, 0.3) is 0 Å². The Balaban J connectivity index is 0.00000242. The van der Waals surface area contributed by atoms with E-state index in [1.165, 1.54) is 18.7 Å². The number of benzene rings is 1. The molecule has 1 aromatic carbocycles. The molecule has 0 bridgehead atoms. The van der Waals surface area contributed by atoms with Crippen molar-refractivity contribution in [1.82, 2.24) is 0 Å². The summed E-state index contributed by atoms with van der Waals surface area (Å²) < 4.78 is 2.03. The van der Waals surface area contributed by atoms with Crippen LogP contribution in [0.1, 0.15) is 6.42 Å². The van der Waals surface area contributed by atoms with E-state index in [9.17, 15) is 0 Å². The fourth-order valence-electron chi connectivity index (χ4n) is 3.24. The Morgan fingerprint density at radius 3 is 2.00 bits per heavy atom. The maximum atomic E-state index is 5.83. The number of hydrogen-bond acceptors (Lipinski definition) is 2. The fourth-order valence-corrected chi connectivity index (χ4v) is 3.24. The first-order valence-corrected chi connectivity index (χ1v) is 7.80. The van der Waals surface area contributed by atoms with Crippen LogP contribution in [-0.4, -0.2) is 76.4 Å². The van der Waals surface area contributed by atoms with Gasteiger partial charge in [0.2, 0.25) is 0 Å². The van der Waals surface area contributed by atoms with Crippen LogP contribution >= 0.6 is 12.4 Å². The lowest BCUT2D eigenvalue weighted by atomic mass is 10.1. The minimum absolute atomic E-state index is 0. The topological polar surface area (TPSA) is 29.3 Å². The SMILES string of the molecule is C[N+](C)(C)CC1CC([N+](C)(C)C)CN1c1ccc(N)cc1.Cl.[Cl-]. The smallest absolute Gasteiger partial charge is 0.108 e. The van der Waals surface area contributed by atoms with Crippen LogP contribution in [0.5, 0.6) is 0 Å². The van der Waals surface area contributed by atoms with Gasteiger partial charge in [-0.15, -0.1) is 12.4 Å². The third kappa shape index (κ3) is 6.03. The molecule has 1 saturated heterocycles. The van der Waals surface area contributed by atoms with E-state index in [-0.39, 0.29) is 24.8 Å². The molecule has 2 rings (SSSR count). The van der Waals surface area contributed by atoms with Crippen molar-refractivity contribution in [3.8, 4) is 0 Å². The highest BCUT2D eigenvalue weighted by Gasteiger charge is 2.41. The number of nitrogen functional groups attached to an aromatic ring is 1. The van der Waals surface area contributed by atoms with Crippen LogP contribution in [0.3, 0.4) is 0 Å². The van der Waals surface area contributed by atoms with Gasteiger partial charge in [-0.25, -0.2) is 0 Å². The Morgan fingerprint density at radius 2 is 1.57 bits per heavy atom. The Bertz CT molecular complexity index is 477. The van der Waals surface area contributed by atoms with E-state index in [0.29, 0.717) is 12.1 Å². The van der Waals surface area contributed by atoms with Gasteiger partial charge >= 0.3 is 0 Å². The van der Waals surface area contributed by atoms with Gasteiger partial charge in [0, 0.05) is 17.8 Å². The second-order valence-corrected chi connectivity index (χ2v) is 8.38. The van der Waals surface area contributed by atoms with Crippen LogP contribution in [0.4, 0.5) is 11.4 Å². The summed E-state index contributed by atoms with van der Waals surface area (Å²) in [6.07, 6.45) is 1.25. The maximum absolute atomic E-state index is 5.83. The molecule has 2 unspecified atom stereocenters. The molecule has 0 saturated carbocycles. The van der Waals surface area contributed by atoms with E-state index in [0.717, 1.165) is 21.2 Å². The van der Waals surface area contributed by atoms with Crippen molar-refractivity contribution in [2.45, 2.75) is 18.5 Å². The van der Waals surface area contributed by atoms with Crippen LogP contribution in [-0.2, 0) is 0 Å². The molecule has 2 N–H and O–H groups in total. The van der Waals surface area contributed by atoms with Gasteiger partial charge in [-0.3, -0.25) is 0 Å². The molecule has 134 valence electrons. The lowest BCUT2D eigenvalue weighted by Gasteiger charge is -2.33. The number of nitrogens with zero attached hydrogens (tertiary/aromatic N) is 3. The van der Waals surface area contributed by atoms with Crippen molar-refractivity contribution in [3.63, 3.8) is 0 Å². The summed E-state index contributed by atoms with van der Waals surface area (Å²) in [6, 6.07) is 9.62. The first-order valence-electron chi connectivity index (χ1n) is 7.80. The highest BCUT2D eigenvalue weighted by Crippen LogP contribution is 2.30. The number of hydrogen-bond donors (Lipinski definition) is 1. The molecule has 1 aliphatic heterocycles. The van der Waals surface area contributed by atoms with Crippen LogP contribution in [0.2, 0.25) is 0 Å². The highest BCUT2D eigenvalue weighted by molar-refractivity contribution is 5.85. The molecular weight excluding hydrogens is 331 g/mol. The van der Waals surface area contributed by atoms with Gasteiger partial charge in [-0.05, 0) is 24.3 Å². The number of rotatable bonds is 4. The molecule has 6 heteroatoms. The molecule has 2 atom stereocenters. The molecule has 0 aromatic heterocycles. The predicted molar refractivity (Wildman–Crippen MR) is 98.6 cm³/mol. The molecule has 1 aliphatic rings. The maximum Gasteiger partial charge on any atom is 0.108 e. The molecule has 1 aromatic rings. The third-order valence-electron chi connectivity index (χ3n) is 4.47. The second kappa shape index (κ2) is 7.93. The van der Waals surface area contributed by atoms with Gasteiger partial charge in [-0.1, -0.05) is 0 Å². The Labute approximate surface area is 154 Å². The lowest BCUT2D eigenvalue weighted by Crippen LogP contribution is -3.00. The van der Waals surface area contributed by atoms with Gasteiger partial charge in [0.25, 0.3) is 0 Å². The summed E-state index contributed by atoms with van der Waals surface area (Å²) in [6.45, 7) is 2.29. The van der Waals surface area contributed by atoms with Gasteiger partial charge < -0.3 is 32.0 Å². The molecule has 4 nitrogen and oxygen atoms in total. The van der Waals surface area contributed by atoms with E-state index >= 15 is 0 Å². The first kappa shape index (κ1) is 22.3. The van der Waals surface area contributed by atoms with Crippen LogP contribution < -0.4 is 23.0 Å². The average molecular weight is 364 g/mol. The summed E-state index contributed by atoms with van der Waals surface area (Å²) in [4.78, 5) is 2.58. The number of nitrogens with two attached hydrogens (primary N) is 1. The van der Waals surface area contributed by atoms with Gasteiger partial charge in [0.15, 0.2) is 0 Å². The summed E-state index contributed by atoms with van der Waals surface area (Å²) in [5, 5.41) is 0. The zero-order chi connectivity index (χ0) is 15.8. The lowest BCUT2D eigenvalue weighted by molar-refractivity contribution is -0.894. The van der Waals surface area contributed by atoms with Crippen molar-refractivity contribution < 1.29 is 21.4 Å². The number of likely N-dealkylation sites (N-methyl/N-ethyl adjacent to an activating group) is 2. The van der Waals surface area contributed by atoms with E-state index in [4.69, 9.17) is 5.73 Å². The minimum atomic E-state index is 0. The third-order valence-corrected chi connectivity index (χ3v) is 4.47. The zero-order valence-electron chi connectivity index (χ0n) is 15.3. The van der Waals surface area contributed by atoms with E-state index in [1.807, 2.05) is 12.1 Å². The van der Waals surface area contributed by atoms with Gasteiger partial charge in [0.05, 0.1) is 61.4 Å². The van der Waals surface area contributed by atoms with E-state index in [1.54, 1.807) is 0 Å². The molecule has 0 amide bonds. The molecular formula is C17H33Cl2N4+. The van der Waals surface area contributed by atoms with Crippen molar-refractivity contribution in [2.75, 3.05) is 66.0 Å². The summed E-state index contributed by atoms with van der Waals surface area (Å²) in [7, 11) is 13.8. The monoisotopic (exact) mass is 363 g/mol. The Kier molecular flexibility index (Phi) is 7.69. The van der Waals surface area contributed by atoms with Crippen LogP contribution in [0, 0.1) is 0 Å². The normalized spacial score (nSPS) is 21.6. The Morgan fingerprint density at radius 1 is 1.04 bits per heavy atom. The van der Waals surface area contributed by atoms with Crippen molar-refractivity contribution in [3.05, 3.63) is 24.3 Å². The van der Waals surface area contributed by atoms with Crippen molar-refractivity contribution in [1.29, 1.82) is 0 Å². The summed E-state index contributed by atoms with van der Waals surface area (Å²) >= 11 is 0. The van der Waals surface area contributed by atoms with Crippen LogP contribution in [0.15, 0.2) is 24.3 Å². The summed E-state index contributed by atoms with van der Waals surface area (Å²) in [5.74, 6) is 0. The summed E-state index contributed by atoms with van der Waals surface area (Å²) in [5.41, 5.74) is 7.98. The number of halogens is 2. The minimum Gasteiger partial charge on any atom is -1.00 e. The predicted octanol–water partition coefficient (Wildman–Crippen LogP) is -0.946.